The smallest absolute Gasteiger partial charge is 0.0948 e. The second-order valence-corrected chi connectivity index (χ2v) is 5.60. The van der Waals surface area contributed by atoms with Crippen LogP contribution in [0.2, 0.25) is 0 Å². The molecule has 2 rings (SSSR count). The predicted molar refractivity (Wildman–Crippen MR) is 80.7 cm³/mol. The van der Waals surface area contributed by atoms with Crippen LogP contribution < -0.4 is 5.32 Å². The van der Waals surface area contributed by atoms with Crippen LogP contribution in [0.25, 0.3) is 0 Å². The number of hydrogen-bond acceptors (Lipinski definition) is 4. The van der Waals surface area contributed by atoms with E-state index in [1.807, 2.05) is 12.5 Å². The van der Waals surface area contributed by atoms with Crippen molar-refractivity contribution < 1.29 is 4.74 Å². The summed E-state index contributed by atoms with van der Waals surface area (Å²) in [6.45, 7) is 8.24. The molecule has 1 N–H and O–H groups in total. The first-order valence-electron chi connectivity index (χ1n) is 7.77. The molecule has 114 valence electrons. The van der Waals surface area contributed by atoms with Crippen LogP contribution in [0.4, 0.5) is 0 Å². The van der Waals surface area contributed by atoms with Gasteiger partial charge in [0.05, 0.1) is 18.6 Å². The zero-order valence-electron chi connectivity index (χ0n) is 12.8. The molecule has 0 aliphatic carbocycles. The van der Waals surface area contributed by atoms with Gasteiger partial charge in [-0.15, -0.1) is 0 Å². The Labute approximate surface area is 122 Å². The minimum atomic E-state index is 0.634. The number of rotatable bonds is 9. The normalized spacial score (nSPS) is 19.1. The molecule has 0 saturated carbocycles. The third-order valence-electron chi connectivity index (χ3n) is 3.90. The van der Waals surface area contributed by atoms with E-state index in [1.54, 1.807) is 7.11 Å². The Kier molecular flexibility index (Phi) is 6.50. The van der Waals surface area contributed by atoms with Gasteiger partial charge in [-0.05, 0) is 25.8 Å². The number of nitrogens with one attached hydrogen (secondary N) is 1. The topological polar surface area (TPSA) is 42.3 Å². The zero-order valence-corrected chi connectivity index (χ0v) is 12.8. The van der Waals surface area contributed by atoms with Gasteiger partial charge in [0.2, 0.25) is 0 Å². The van der Waals surface area contributed by atoms with Crippen molar-refractivity contribution in [2.75, 3.05) is 33.4 Å². The molecule has 0 amide bonds. The molecule has 0 radical (unpaired) electrons. The lowest BCUT2D eigenvalue weighted by Gasteiger charge is -2.25. The first kappa shape index (κ1) is 15.5. The summed E-state index contributed by atoms with van der Waals surface area (Å²) in [5.41, 5.74) is 1.31. The van der Waals surface area contributed by atoms with Crippen LogP contribution in [0.1, 0.15) is 31.9 Å². The molecule has 5 heteroatoms. The lowest BCUT2D eigenvalue weighted by Crippen LogP contribution is -2.39. The van der Waals surface area contributed by atoms with Crippen molar-refractivity contribution in [1.82, 2.24) is 19.8 Å². The van der Waals surface area contributed by atoms with Gasteiger partial charge in [0, 0.05) is 45.5 Å². The molecular formula is C15H28N4O. The molecule has 1 saturated heterocycles. The van der Waals surface area contributed by atoms with Gasteiger partial charge >= 0.3 is 0 Å². The summed E-state index contributed by atoms with van der Waals surface area (Å²) in [6.07, 6.45) is 7.68. The Morgan fingerprint density at radius 3 is 3.15 bits per heavy atom. The van der Waals surface area contributed by atoms with Gasteiger partial charge in [-0.3, -0.25) is 4.90 Å². The SMILES string of the molecule is CCCn1cncc1CN(CCOC)CC1CCCN1. The predicted octanol–water partition coefficient (Wildman–Crippen LogP) is 1.49. The van der Waals surface area contributed by atoms with E-state index < -0.39 is 0 Å². The van der Waals surface area contributed by atoms with Crippen LogP contribution in [0.5, 0.6) is 0 Å². The maximum absolute atomic E-state index is 5.25. The fraction of sp³-hybridized carbons (Fsp3) is 0.800. The van der Waals surface area contributed by atoms with Gasteiger partial charge in [0.1, 0.15) is 0 Å². The first-order valence-corrected chi connectivity index (χ1v) is 7.77. The number of nitrogens with zero attached hydrogens (tertiary/aromatic N) is 3. The minimum absolute atomic E-state index is 0.634. The van der Waals surface area contributed by atoms with Gasteiger partial charge < -0.3 is 14.6 Å². The number of aromatic nitrogens is 2. The lowest BCUT2D eigenvalue weighted by molar-refractivity contribution is 0.136. The van der Waals surface area contributed by atoms with E-state index in [-0.39, 0.29) is 0 Å². The fourth-order valence-corrected chi connectivity index (χ4v) is 2.83. The summed E-state index contributed by atoms with van der Waals surface area (Å²) in [6, 6.07) is 0.634. The summed E-state index contributed by atoms with van der Waals surface area (Å²) in [7, 11) is 1.77. The molecule has 5 nitrogen and oxygen atoms in total. The summed E-state index contributed by atoms with van der Waals surface area (Å²) >= 11 is 0. The second kappa shape index (κ2) is 8.39. The van der Waals surface area contributed by atoms with Gasteiger partial charge in [-0.25, -0.2) is 4.98 Å². The Bertz CT molecular complexity index is 374. The standard InChI is InChI=1S/C15H28N4O/c1-3-7-19-13-16-10-15(19)12-18(8-9-20-2)11-14-5-4-6-17-14/h10,13-14,17H,3-9,11-12H2,1-2H3. The highest BCUT2D eigenvalue weighted by Gasteiger charge is 2.18. The first-order chi connectivity index (χ1) is 9.83. The van der Waals surface area contributed by atoms with Crippen molar-refractivity contribution in [3.63, 3.8) is 0 Å². The number of hydrogen-bond donors (Lipinski definition) is 1. The molecule has 20 heavy (non-hydrogen) atoms. The van der Waals surface area contributed by atoms with E-state index in [1.165, 1.54) is 18.5 Å². The molecule has 1 atom stereocenters. The van der Waals surface area contributed by atoms with Crippen LogP contribution >= 0.6 is 0 Å². The third-order valence-corrected chi connectivity index (χ3v) is 3.90. The summed E-state index contributed by atoms with van der Waals surface area (Å²) in [5.74, 6) is 0. The van der Waals surface area contributed by atoms with Crippen molar-refractivity contribution in [3.8, 4) is 0 Å². The Hall–Kier alpha value is -0.910. The average molecular weight is 280 g/mol. The maximum Gasteiger partial charge on any atom is 0.0948 e. The van der Waals surface area contributed by atoms with Gasteiger partial charge in [-0.2, -0.15) is 0 Å². The number of aryl methyl sites for hydroxylation is 1. The fourth-order valence-electron chi connectivity index (χ4n) is 2.83. The summed E-state index contributed by atoms with van der Waals surface area (Å²) in [5, 5.41) is 3.58. The van der Waals surface area contributed by atoms with Crippen LogP contribution in [0.15, 0.2) is 12.5 Å². The molecule has 1 fully saturated rings. The number of methoxy groups -OCH3 is 1. The number of ether oxygens (including phenoxy) is 1. The molecule has 0 spiro atoms. The van der Waals surface area contributed by atoms with E-state index in [0.29, 0.717) is 6.04 Å². The Morgan fingerprint density at radius 1 is 1.55 bits per heavy atom. The lowest BCUT2D eigenvalue weighted by atomic mass is 10.2. The molecule has 1 aromatic rings. The minimum Gasteiger partial charge on any atom is -0.383 e. The highest BCUT2D eigenvalue weighted by Crippen LogP contribution is 2.11. The van der Waals surface area contributed by atoms with E-state index >= 15 is 0 Å². The molecule has 1 aliphatic rings. The van der Waals surface area contributed by atoms with Crippen molar-refractivity contribution in [1.29, 1.82) is 0 Å². The molecular weight excluding hydrogens is 252 g/mol. The van der Waals surface area contributed by atoms with Gasteiger partial charge in [0.25, 0.3) is 0 Å². The van der Waals surface area contributed by atoms with Crippen molar-refractivity contribution >= 4 is 0 Å². The monoisotopic (exact) mass is 280 g/mol. The molecule has 2 heterocycles. The van der Waals surface area contributed by atoms with Crippen LogP contribution in [0, 0.1) is 0 Å². The van der Waals surface area contributed by atoms with Gasteiger partial charge in [0.15, 0.2) is 0 Å². The Morgan fingerprint density at radius 2 is 2.45 bits per heavy atom. The second-order valence-electron chi connectivity index (χ2n) is 5.60. The highest BCUT2D eigenvalue weighted by atomic mass is 16.5. The van der Waals surface area contributed by atoms with Crippen molar-refractivity contribution in [2.24, 2.45) is 0 Å². The summed E-state index contributed by atoms with van der Waals surface area (Å²) < 4.78 is 7.51. The third kappa shape index (κ3) is 4.58. The highest BCUT2D eigenvalue weighted by molar-refractivity contribution is 4.98. The number of imidazole rings is 1. The molecule has 1 aromatic heterocycles. The summed E-state index contributed by atoms with van der Waals surface area (Å²) in [4.78, 5) is 6.78. The van der Waals surface area contributed by atoms with E-state index in [0.717, 1.165) is 45.8 Å². The quantitative estimate of drug-likeness (QED) is 0.744. The van der Waals surface area contributed by atoms with Gasteiger partial charge in [-0.1, -0.05) is 6.92 Å². The van der Waals surface area contributed by atoms with E-state index in [4.69, 9.17) is 4.74 Å². The molecule has 1 unspecified atom stereocenters. The Balaban J connectivity index is 1.92. The van der Waals surface area contributed by atoms with E-state index in [9.17, 15) is 0 Å². The molecule has 1 aliphatic heterocycles. The zero-order chi connectivity index (χ0) is 14.2. The van der Waals surface area contributed by atoms with E-state index in [2.05, 4.69) is 26.7 Å². The molecule has 0 bridgehead atoms. The average Bonchev–Trinajstić information content (AvgIpc) is 3.09. The van der Waals surface area contributed by atoms with Crippen LogP contribution in [0.3, 0.4) is 0 Å². The van der Waals surface area contributed by atoms with Crippen molar-refractivity contribution in [2.45, 2.75) is 45.3 Å². The molecule has 0 aromatic carbocycles. The maximum atomic E-state index is 5.25. The largest absolute Gasteiger partial charge is 0.383 e. The van der Waals surface area contributed by atoms with Crippen LogP contribution in [-0.2, 0) is 17.8 Å². The van der Waals surface area contributed by atoms with Crippen LogP contribution in [-0.4, -0.2) is 53.8 Å². The van der Waals surface area contributed by atoms with Crippen molar-refractivity contribution in [3.05, 3.63) is 18.2 Å².